The zero-order chi connectivity index (χ0) is 15.5. The van der Waals surface area contributed by atoms with Crippen LogP contribution in [0.25, 0.3) is 0 Å². The lowest BCUT2D eigenvalue weighted by molar-refractivity contribution is 0.279. The Hall–Kier alpha value is -1.14. The van der Waals surface area contributed by atoms with Gasteiger partial charge < -0.3 is 5.32 Å². The Morgan fingerprint density at radius 1 is 1.29 bits per heavy atom. The fourth-order valence-corrected chi connectivity index (χ4v) is 4.39. The smallest absolute Gasteiger partial charge is 0.244 e. The molecule has 0 spiro atoms. The summed E-state index contributed by atoms with van der Waals surface area (Å²) in [5, 5.41) is 3.07. The van der Waals surface area contributed by atoms with Crippen LogP contribution >= 0.6 is 0 Å². The number of sulfonamides is 1. The van der Waals surface area contributed by atoms with E-state index in [2.05, 4.69) is 24.1 Å². The second-order valence-corrected chi connectivity index (χ2v) is 7.64. The molecule has 0 unspecified atom stereocenters. The van der Waals surface area contributed by atoms with Gasteiger partial charge in [0.05, 0.1) is 0 Å². The van der Waals surface area contributed by atoms with Crippen LogP contribution in [0.1, 0.15) is 40.0 Å². The highest BCUT2D eigenvalue weighted by Crippen LogP contribution is 2.39. The van der Waals surface area contributed by atoms with Crippen LogP contribution in [0, 0.1) is 5.41 Å². The number of anilines is 1. The molecule has 1 saturated heterocycles. The van der Waals surface area contributed by atoms with Crippen LogP contribution in [-0.4, -0.2) is 37.3 Å². The Kier molecular flexibility index (Phi) is 4.88. The number of aromatic nitrogens is 1. The van der Waals surface area contributed by atoms with E-state index in [0.717, 1.165) is 25.8 Å². The number of pyridine rings is 1. The highest BCUT2D eigenvalue weighted by atomic mass is 32.2. The Labute approximate surface area is 127 Å². The van der Waals surface area contributed by atoms with E-state index in [1.807, 2.05) is 6.92 Å². The first-order valence-corrected chi connectivity index (χ1v) is 9.11. The quantitative estimate of drug-likeness (QED) is 0.877. The molecule has 1 N–H and O–H groups in total. The van der Waals surface area contributed by atoms with Crippen LogP contribution in [0.4, 0.5) is 5.82 Å². The van der Waals surface area contributed by atoms with Gasteiger partial charge in [-0.1, -0.05) is 13.8 Å². The van der Waals surface area contributed by atoms with Crippen molar-refractivity contribution in [1.82, 2.24) is 9.29 Å². The van der Waals surface area contributed by atoms with Crippen molar-refractivity contribution in [3.05, 3.63) is 18.3 Å². The van der Waals surface area contributed by atoms with Gasteiger partial charge in [0.25, 0.3) is 0 Å². The van der Waals surface area contributed by atoms with Gasteiger partial charge >= 0.3 is 0 Å². The van der Waals surface area contributed by atoms with Crippen molar-refractivity contribution in [2.75, 3.05) is 25.0 Å². The lowest BCUT2D eigenvalue weighted by Gasteiger charge is -2.26. The van der Waals surface area contributed by atoms with Gasteiger partial charge in [-0.25, -0.2) is 13.4 Å². The SMILES string of the molecule is CCNc1ccc(S(=O)(=O)N2CCC(CC)(CC)C2)cn1. The Balaban J connectivity index is 2.19. The molecule has 1 aliphatic heterocycles. The minimum atomic E-state index is -3.42. The molecule has 0 aliphatic carbocycles. The van der Waals surface area contributed by atoms with E-state index >= 15 is 0 Å². The van der Waals surface area contributed by atoms with Crippen LogP contribution < -0.4 is 5.32 Å². The third kappa shape index (κ3) is 3.21. The van der Waals surface area contributed by atoms with E-state index in [-0.39, 0.29) is 10.3 Å². The maximum absolute atomic E-state index is 12.7. The van der Waals surface area contributed by atoms with Gasteiger partial charge in [0.1, 0.15) is 10.7 Å². The van der Waals surface area contributed by atoms with Crippen molar-refractivity contribution in [2.24, 2.45) is 5.41 Å². The molecule has 21 heavy (non-hydrogen) atoms. The van der Waals surface area contributed by atoms with E-state index in [0.29, 0.717) is 18.9 Å². The van der Waals surface area contributed by atoms with Crippen molar-refractivity contribution >= 4 is 15.8 Å². The summed E-state index contributed by atoms with van der Waals surface area (Å²) >= 11 is 0. The van der Waals surface area contributed by atoms with Crippen LogP contribution in [0.15, 0.2) is 23.2 Å². The van der Waals surface area contributed by atoms with Crippen LogP contribution in [0.5, 0.6) is 0 Å². The number of nitrogens with one attached hydrogen (secondary N) is 1. The van der Waals surface area contributed by atoms with Crippen molar-refractivity contribution in [1.29, 1.82) is 0 Å². The van der Waals surface area contributed by atoms with Gasteiger partial charge in [-0.05, 0) is 43.7 Å². The van der Waals surface area contributed by atoms with Gasteiger partial charge in [-0.3, -0.25) is 0 Å². The fraction of sp³-hybridized carbons (Fsp3) is 0.667. The van der Waals surface area contributed by atoms with Gasteiger partial charge in [0, 0.05) is 25.8 Å². The number of rotatable bonds is 6. The summed E-state index contributed by atoms with van der Waals surface area (Å²) in [7, 11) is -3.42. The second-order valence-electron chi connectivity index (χ2n) is 5.71. The minimum absolute atomic E-state index is 0.143. The predicted molar refractivity (Wildman–Crippen MR) is 84.8 cm³/mol. The molecule has 0 amide bonds. The Bertz CT molecular complexity index is 565. The highest BCUT2D eigenvalue weighted by Gasteiger charge is 2.40. The summed E-state index contributed by atoms with van der Waals surface area (Å²) in [5.74, 6) is 0.703. The average molecular weight is 311 g/mol. The third-order valence-electron chi connectivity index (χ3n) is 4.64. The first-order chi connectivity index (χ1) is 9.97. The molecule has 1 aliphatic rings. The minimum Gasteiger partial charge on any atom is -0.370 e. The lowest BCUT2D eigenvalue weighted by atomic mass is 9.82. The average Bonchev–Trinajstić information content (AvgIpc) is 2.94. The number of hydrogen-bond acceptors (Lipinski definition) is 4. The summed E-state index contributed by atoms with van der Waals surface area (Å²) in [5.41, 5.74) is 0.143. The van der Waals surface area contributed by atoms with Crippen molar-refractivity contribution in [3.8, 4) is 0 Å². The topological polar surface area (TPSA) is 62.3 Å². The number of hydrogen-bond donors (Lipinski definition) is 1. The van der Waals surface area contributed by atoms with Crippen molar-refractivity contribution in [2.45, 2.75) is 44.9 Å². The predicted octanol–water partition coefficient (Wildman–Crippen LogP) is 2.71. The van der Waals surface area contributed by atoms with Crippen LogP contribution in [-0.2, 0) is 10.0 Å². The molecule has 1 fully saturated rings. The highest BCUT2D eigenvalue weighted by molar-refractivity contribution is 7.89. The summed E-state index contributed by atoms with van der Waals surface area (Å²) < 4.78 is 27.0. The van der Waals surface area contributed by atoms with Crippen molar-refractivity contribution < 1.29 is 8.42 Å². The van der Waals surface area contributed by atoms with E-state index in [9.17, 15) is 8.42 Å². The van der Waals surface area contributed by atoms with Gasteiger partial charge in [0.2, 0.25) is 10.0 Å². The molecule has 0 aromatic carbocycles. The first kappa shape index (κ1) is 16.2. The lowest BCUT2D eigenvalue weighted by Crippen LogP contribution is -2.32. The van der Waals surface area contributed by atoms with Gasteiger partial charge in [-0.2, -0.15) is 4.31 Å². The Morgan fingerprint density at radius 3 is 2.48 bits per heavy atom. The summed E-state index contributed by atoms with van der Waals surface area (Å²) in [6.07, 6.45) is 4.44. The standard InChI is InChI=1S/C15H25N3O2S/c1-4-15(5-2)9-10-18(12-15)21(19,20)13-7-8-14(16-6-3)17-11-13/h7-8,11H,4-6,9-10,12H2,1-3H3,(H,16,17). The summed E-state index contributed by atoms with van der Waals surface area (Å²) in [6, 6.07) is 3.36. The van der Waals surface area contributed by atoms with Crippen molar-refractivity contribution in [3.63, 3.8) is 0 Å². The first-order valence-electron chi connectivity index (χ1n) is 7.67. The molecule has 5 nitrogen and oxygen atoms in total. The molecule has 0 radical (unpaired) electrons. The monoisotopic (exact) mass is 311 g/mol. The van der Waals surface area contributed by atoms with E-state index < -0.39 is 10.0 Å². The fourth-order valence-electron chi connectivity index (χ4n) is 2.89. The molecular formula is C15H25N3O2S. The van der Waals surface area contributed by atoms with Gasteiger partial charge in [-0.15, -0.1) is 0 Å². The van der Waals surface area contributed by atoms with Crippen LogP contribution in [0.2, 0.25) is 0 Å². The molecule has 2 heterocycles. The van der Waals surface area contributed by atoms with Crippen LogP contribution in [0.3, 0.4) is 0 Å². The largest absolute Gasteiger partial charge is 0.370 e. The second kappa shape index (κ2) is 6.32. The molecule has 2 rings (SSSR count). The molecule has 0 atom stereocenters. The molecule has 0 saturated carbocycles. The number of nitrogens with zero attached hydrogens (tertiary/aromatic N) is 2. The maximum atomic E-state index is 12.7. The van der Waals surface area contributed by atoms with E-state index in [1.54, 1.807) is 16.4 Å². The van der Waals surface area contributed by atoms with E-state index in [1.165, 1.54) is 6.20 Å². The molecule has 0 bridgehead atoms. The molecular weight excluding hydrogens is 286 g/mol. The molecule has 118 valence electrons. The normalized spacial score (nSPS) is 18.8. The molecule has 1 aromatic rings. The maximum Gasteiger partial charge on any atom is 0.244 e. The summed E-state index contributed by atoms with van der Waals surface area (Å²) in [6.45, 7) is 8.27. The zero-order valence-corrected chi connectivity index (χ0v) is 13.9. The third-order valence-corrected chi connectivity index (χ3v) is 6.46. The zero-order valence-electron chi connectivity index (χ0n) is 13.1. The van der Waals surface area contributed by atoms with E-state index in [4.69, 9.17) is 0 Å². The molecule has 1 aromatic heterocycles. The summed E-state index contributed by atoms with van der Waals surface area (Å²) in [4.78, 5) is 4.45. The molecule has 6 heteroatoms. The Morgan fingerprint density at radius 2 is 2.00 bits per heavy atom. The van der Waals surface area contributed by atoms with Gasteiger partial charge in [0.15, 0.2) is 0 Å².